The second-order valence-electron chi connectivity index (χ2n) is 3.18. The monoisotopic (exact) mass is 222 g/mol. The topological polar surface area (TPSA) is 67.4 Å². The number of nitrogens with one attached hydrogen (secondary N) is 2. The fourth-order valence-electron chi connectivity index (χ4n) is 1.50. The minimum atomic E-state index is -1.14. The molecule has 15 heavy (non-hydrogen) atoms. The molecule has 0 saturated carbocycles. The normalized spacial score (nSPS) is 20.8. The molecule has 0 aliphatic carbocycles. The number of ether oxygens (including phenoxy) is 1. The number of rotatable bonds is 0. The Morgan fingerprint density at radius 1 is 1.13 bits per heavy atom. The zero-order valence-electron chi connectivity index (χ0n) is 7.44. The van der Waals surface area contributed by atoms with E-state index in [1.807, 2.05) is 18.2 Å². The van der Waals surface area contributed by atoms with Gasteiger partial charge in [0.05, 0.1) is 4.90 Å². The molecule has 1 saturated heterocycles. The molecule has 5 nitrogen and oxygen atoms in total. The maximum Gasteiger partial charge on any atom is 0.321 e. The highest BCUT2D eigenvalue weighted by Gasteiger charge is 2.50. The summed E-state index contributed by atoms with van der Waals surface area (Å²) in [5, 5.41) is 3.79. The van der Waals surface area contributed by atoms with Gasteiger partial charge in [0.2, 0.25) is 0 Å². The first-order chi connectivity index (χ1) is 7.19. The van der Waals surface area contributed by atoms with Crippen molar-refractivity contribution in [2.24, 2.45) is 0 Å². The molecule has 2 amide bonds. The smallest absolute Gasteiger partial charge is 0.321 e. The van der Waals surface area contributed by atoms with E-state index in [0.717, 1.165) is 4.90 Å². The average Bonchev–Trinajstić information content (AvgIpc) is 2.66. The van der Waals surface area contributed by atoms with Gasteiger partial charge in [0.25, 0.3) is 0 Å². The van der Waals surface area contributed by atoms with Crippen molar-refractivity contribution in [3.63, 3.8) is 0 Å². The van der Waals surface area contributed by atoms with Crippen LogP contribution in [0.1, 0.15) is 0 Å². The molecule has 0 atom stereocenters. The largest absolute Gasteiger partial charge is 0.440 e. The first-order valence-corrected chi connectivity index (χ1v) is 5.12. The van der Waals surface area contributed by atoms with Crippen LogP contribution < -0.4 is 15.4 Å². The van der Waals surface area contributed by atoms with Gasteiger partial charge in [-0.25, -0.2) is 0 Å². The van der Waals surface area contributed by atoms with Crippen molar-refractivity contribution in [1.29, 1.82) is 0 Å². The van der Waals surface area contributed by atoms with Gasteiger partial charge in [0.1, 0.15) is 5.75 Å². The van der Waals surface area contributed by atoms with Gasteiger partial charge >= 0.3 is 17.0 Å². The molecular formula is C9H6N2O3S. The van der Waals surface area contributed by atoms with Gasteiger partial charge in [-0.15, -0.1) is 0 Å². The fourth-order valence-corrected chi connectivity index (χ4v) is 2.58. The van der Waals surface area contributed by atoms with E-state index in [1.54, 1.807) is 6.07 Å². The summed E-state index contributed by atoms with van der Waals surface area (Å²) in [6.45, 7) is 0. The third kappa shape index (κ3) is 1.18. The SMILES string of the molecule is O=C1NC2(NC1=O)Oc1ccccc1S2. The molecule has 1 spiro atoms. The number of hydrogen-bond donors (Lipinski definition) is 2. The van der Waals surface area contributed by atoms with E-state index in [0.29, 0.717) is 5.75 Å². The molecular weight excluding hydrogens is 216 g/mol. The number of para-hydroxylation sites is 1. The lowest BCUT2D eigenvalue weighted by Crippen LogP contribution is -2.49. The van der Waals surface area contributed by atoms with Crippen LogP contribution in [0, 0.1) is 0 Å². The zero-order valence-corrected chi connectivity index (χ0v) is 8.26. The molecule has 1 fully saturated rings. The van der Waals surface area contributed by atoms with Crippen LogP contribution in [0.4, 0.5) is 0 Å². The molecule has 0 bridgehead atoms. The predicted molar refractivity (Wildman–Crippen MR) is 51.9 cm³/mol. The van der Waals surface area contributed by atoms with Gasteiger partial charge in [-0.3, -0.25) is 20.2 Å². The van der Waals surface area contributed by atoms with Crippen LogP contribution in [-0.4, -0.2) is 17.0 Å². The maximum atomic E-state index is 11.1. The minimum Gasteiger partial charge on any atom is -0.440 e. The van der Waals surface area contributed by atoms with Crippen LogP contribution in [0.5, 0.6) is 5.75 Å². The molecule has 0 aromatic heterocycles. The molecule has 2 aliphatic rings. The molecule has 2 aliphatic heterocycles. The minimum absolute atomic E-state index is 0.657. The second kappa shape index (κ2) is 2.66. The molecule has 0 unspecified atom stereocenters. The summed E-state index contributed by atoms with van der Waals surface area (Å²) in [4.78, 5) is 23.0. The molecule has 1 aromatic carbocycles. The highest BCUT2D eigenvalue weighted by Crippen LogP contribution is 2.45. The third-order valence-electron chi connectivity index (χ3n) is 2.12. The first-order valence-electron chi connectivity index (χ1n) is 4.30. The summed E-state index contributed by atoms with van der Waals surface area (Å²) in [5.74, 6) is -0.685. The van der Waals surface area contributed by atoms with Crippen molar-refractivity contribution >= 4 is 23.6 Å². The van der Waals surface area contributed by atoms with E-state index in [2.05, 4.69) is 10.6 Å². The van der Waals surface area contributed by atoms with E-state index in [1.165, 1.54) is 11.8 Å². The lowest BCUT2D eigenvalue weighted by molar-refractivity contribution is -0.135. The molecule has 2 heterocycles. The number of amides is 2. The Morgan fingerprint density at radius 2 is 1.80 bits per heavy atom. The number of fused-ring (bicyclic) bond motifs is 1. The van der Waals surface area contributed by atoms with Crippen LogP contribution in [0.2, 0.25) is 0 Å². The molecule has 76 valence electrons. The molecule has 0 radical (unpaired) electrons. The predicted octanol–water partition coefficient (Wildman–Crippen LogP) is 0.0284. The fraction of sp³-hybridized carbons (Fsp3) is 0.111. The summed E-state index contributed by atoms with van der Waals surface area (Å²) in [7, 11) is 0. The summed E-state index contributed by atoms with van der Waals surface area (Å²) < 4.78 is 5.50. The first kappa shape index (κ1) is 8.60. The van der Waals surface area contributed by atoms with Crippen LogP contribution >= 0.6 is 11.8 Å². The van der Waals surface area contributed by atoms with Crippen molar-refractivity contribution < 1.29 is 14.3 Å². The number of benzene rings is 1. The quantitative estimate of drug-likeness (QED) is 0.608. The summed E-state index contributed by atoms with van der Waals surface area (Å²) in [6.07, 6.45) is 0. The van der Waals surface area contributed by atoms with Crippen LogP contribution in [0.15, 0.2) is 29.2 Å². The van der Waals surface area contributed by atoms with Crippen molar-refractivity contribution in [1.82, 2.24) is 10.6 Å². The van der Waals surface area contributed by atoms with Gasteiger partial charge in [-0.2, -0.15) is 0 Å². The van der Waals surface area contributed by atoms with Gasteiger partial charge in [0, 0.05) is 0 Å². The number of carbonyl (C=O) groups excluding carboxylic acids is 2. The lowest BCUT2D eigenvalue weighted by atomic mass is 10.3. The van der Waals surface area contributed by atoms with Crippen LogP contribution in [-0.2, 0) is 9.59 Å². The van der Waals surface area contributed by atoms with E-state index in [9.17, 15) is 9.59 Å². The molecule has 1 aromatic rings. The van der Waals surface area contributed by atoms with Crippen molar-refractivity contribution in [2.45, 2.75) is 10.1 Å². The zero-order chi connectivity index (χ0) is 10.5. The lowest BCUT2D eigenvalue weighted by Gasteiger charge is -2.20. The van der Waals surface area contributed by atoms with Crippen molar-refractivity contribution in [3.05, 3.63) is 24.3 Å². The molecule has 2 N–H and O–H groups in total. The highest BCUT2D eigenvalue weighted by molar-refractivity contribution is 8.00. The summed E-state index contributed by atoms with van der Waals surface area (Å²) in [5.41, 5.74) is 0. The summed E-state index contributed by atoms with van der Waals surface area (Å²) in [6, 6.07) is 7.35. The van der Waals surface area contributed by atoms with Gasteiger partial charge < -0.3 is 4.74 Å². The second-order valence-corrected chi connectivity index (χ2v) is 4.39. The Balaban J connectivity index is 1.96. The Bertz CT molecular complexity index is 431. The highest BCUT2D eigenvalue weighted by atomic mass is 32.2. The van der Waals surface area contributed by atoms with E-state index in [-0.39, 0.29) is 0 Å². The number of thioether (sulfide) groups is 1. The summed E-state index contributed by atoms with van der Waals surface area (Å²) >= 11 is 1.27. The Hall–Kier alpha value is -1.69. The van der Waals surface area contributed by atoms with E-state index < -0.39 is 17.0 Å². The standard InChI is InChI=1S/C9H6N2O3S/c12-7-8(13)11-9(10-7)14-5-3-1-2-4-6(5)15-9/h1-4H,(H,10,12)(H,11,13). The van der Waals surface area contributed by atoms with Crippen LogP contribution in [0.25, 0.3) is 0 Å². The molecule has 6 heteroatoms. The van der Waals surface area contributed by atoms with Crippen molar-refractivity contribution in [3.8, 4) is 5.75 Å². The van der Waals surface area contributed by atoms with E-state index in [4.69, 9.17) is 4.74 Å². The Labute approximate surface area is 89.2 Å². The van der Waals surface area contributed by atoms with Crippen LogP contribution in [0.3, 0.4) is 0 Å². The number of hydrogen-bond acceptors (Lipinski definition) is 4. The Morgan fingerprint density at radius 3 is 2.47 bits per heavy atom. The Kier molecular flexibility index (Phi) is 1.53. The third-order valence-corrected chi connectivity index (χ3v) is 3.25. The average molecular weight is 222 g/mol. The molecule has 3 rings (SSSR count). The van der Waals surface area contributed by atoms with Gasteiger partial charge in [0.15, 0.2) is 0 Å². The number of carbonyl (C=O) groups is 2. The van der Waals surface area contributed by atoms with Crippen molar-refractivity contribution in [2.75, 3.05) is 0 Å². The van der Waals surface area contributed by atoms with Gasteiger partial charge in [-0.05, 0) is 23.9 Å². The van der Waals surface area contributed by atoms with Gasteiger partial charge in [-0.1, -0.05) is 12.1 Å². The maximum absolute atomic E-state index is 11.1. The van der Waals surface area contributed by atoms with E-state index >= 15 is 0 Å².